The van der Waals surface area contributed by atoms with E-state index in [9.17, 15) is 18.0 Å². The number of carbonyl (C=O) groups excluding carboxylic acids is 1. The Hall–Kier alpha value is -1.83. The van der Waals surface area contributed by atoms with E-state index < -0.39 is 17.3 Å². The summed E-state index contributed by atoms with van der Waals surface area (Å²) in [5, 5.41) is 8.48. The molecule has 0 fully saturated rings. The molecule has 0 aromatic heterocycles. The van der Waals surface area contributed by atoms with E-state index in [1.807, 2.05) is 6.07 Å². The lowest BCUT2D eigenvalue weighted by atomic mass is 9.98. The summed E-state index contributed by atoms with van der Waals surface area (Å²) in [4.78, 5) is 10.6. The molecule has 0 radical (unpaired) electrons. The van der Waals surface area contributed by atoms with Crippen molar-refractivity contribution in [3.05, 3.63) is 34.4 Å². The number of aldehydes is 1. The van der Waals surface area contributed by atoms with Crippen LogP contribution >= 0.6 is 0 Å². The van der Waals surface area contributed by atoms with Gasteiger partial charge in [0.1, 0.15) is 0 Å². The highest BCUT2D eigenvalue weighted by atomic mass is 19.4. The average Bonchev–Trinajstić information content (AvgIpc) is 2.19. The Morgan fingerprint density at radius 3 is 2.50 bits per heavy atom. The first kappa shape index (κ1) is 12.2. The Morgan fingerprint density at radius 2 is 2.06 bits per heavy atom. The molecular formula is C11H8F3NO. The summed E-state index contributed by atoms with van der Waals surface area (Å²) in [5.41, 5.74) is -0.581. The summed E-state index contributed by atoms with van der Waals surface area (Å²) in [7, 11) is 0. The van der Waals surface area contributed by atoms with Crippen molar-refractivity contribution in [1.82, 2.24) is 0 Å². The van der Waals surface area contributed by atoms with E-state index in [0.29, 0.717) is 11.1 Å². The summed E-state index contributed by atoms with van der Waals surface area (Å²) in [5.74, 6) is 0. The smallest absolute Gasteiger partial charge is 0.298 e. The first-order valence-electron chi connectivity index (χ1n) is 4.43. The van der Waals surface area contributed by atoms with E-state index >= 15 is 0 Å². The zero-order chi connectivity index (χ0) is 12.3. The predicted octanol–water partition coefficient (Wildman–Crippen LogP) is 2.89. The third kappa shape index (κ3) is 2.40. The Morgan fingerprint density at radius 1 is 1.44 bits per heavy atom. The molecule has 0 spiro atoms. The molecule has 2 nitrogen and oxygen atoms in total. The first-order chi connectivity index (χ1) is 7.40. The van der Waals surface area contributed by atoms with Gasteiger partial charge in [-0.05, 0) is 30.2 Å². The maximum absolute atomic E-state index is 12.5. The van der Waals surface area contributed by atoms with Crippen LogP contribution in [0.2, 0.25) is 0 Å². The molecular weight excluding hydrogens is 219 g/mol. The molecule has 5 heteroatoms. The molecule has 84 valence electrons. The second kappa shape index (κ2) is 4.35. The van der Waals surface area contributed by atoms with E-state index in [0.717, 1.165) is 12.1 Å². The zero-order valence-corrected chi connectivity index (χ0v) is 8.43. The minimum absolute atomic E-state index is 0.00912. The SMILES string of the molecule is Cc1cc(C(F)(F)F)c(C=O)cc1CC#N. The molecule has 1 rings (SSSR count). The Labute approximate surface area is 90.3 Å². The maximum atomic E-state index is 12.5. The highest BCUT2D eigenvalue weighted by molar-refractivity contribution is 5.78. The molecule has 0 saturated carbocycles. The van der Waals surface area contributed by atoms with E-state index in [2.05, 4.69) is 0 Å². The molecule has 0 atom stereocenters. The van der Waals surface area contributed by atoms with Gasteiger partial charge in [-0.2, -0.15) is 18.4 Å². The summed E-state index contributed by atoms with van der Waals surface area (Å²) in [6, 6.07) is 3.86. The number of hydrogen-bond acceptors (Lipinski definition) is 2. The molecule has 16 heavy (non-hydrogen) atoms. The molecule has 0 bridgehead atoms. The number of aryl methyl sites for hydroxylation is 1. The van der Waals surface area contributed by atoms with Crippen LogP contribution in [0.5, 0.6) is 0 Å². The summed E-state index contributed by atoms with van der Waals surface area (Å²) < 4.78 is 37.5. The molecule has 0 aliphatic carbocycles. The minimum atomic E-state index is -4.55. The van der Waals surface area contributed by atoms with Crippen molar-refractivity contribution < 1.29 is 18.0 Å². The molecule has 0 saturated heterocycles. The minimum Gasteiger partial charge on any atom is -0.298 e. The number of halogens is 3. The first-order valence-corrected chi connectivity index (χ1v) is 4.43. The van der Waals surface area contributed by atoms with Crippen LogP contribution in [0.15, 0.2) is 12.1 Å². The molecule has 1 aromatic carbocycles. The molecule has 0 heterocycles. The quantitative estimate of drug-likeness (QED) is 0.729. The van der Waals surface area contributed by atoms with Crippen LogP contribution in [0, 0.1) is 18.3 Å². The number of benzene rings is 1. The third-order valence-corrected chi connectivity index (χ3v) is 2.21. The van der Waals surface area contributed by atoms with Crippen molar-refractivity contribution in [2.75, 3.05) is 0 Å². The molecule has 0 aliphatic rings. The second-order valence-corrected chi connectivity index (χ2v) is 3.32. The number of nitriles is 1. The number of nitrogens with zero attached hydrogens (tertiary/aromatic N) is 1. The predicted molar refractivity (Wildman–Crippen MR) is 50.9 cm³/mol. The standard InChI is InChI=1S/C11H8F3NO/c1-7-4-10(11(12,13)14)9(6-16)5-8(7)2-3-15/h4-6H,2H2,1H3. The fourth-order valence-corrected chi connectivity index (χ4v) is 1.39. The number of alkyl halides is 3. The van der Waals surface area contributed by atoms with Crippen LogP contribution < -0.4 is 0 Å². The number of carbonyl (C=O) groups is 1. The van der Waals surface area contributed by atoms with Gasteiger partial charge in [-0.15, -0.1) is 0 Å². The number of rotatable bonds is 2. The van der Waals surface area contributed by atoms with Crippen molar-refractivity contribution in [3.63, 3.8) is 0 Å². The van der Waals surface area contributed by atoms with Crippen LogP contribution in [0.1, 0.15) is 27.0 Å². The van der Waals surface area contributed by atoms with Gasteiger partial charge in [-0.1, -0.05) is 0 Å². The lowest BCUT2D eigenvalue weighted by Gasteiger charge is -2.12. The molecule has 1 aromatic rings. The highest BCUT2D eigenvalue weighted by Gasteiger charge is 2.33. The normalized spacial score (nSPS) is 10.9. The monoisotopic (exact) mass is 227 g/mol. The van der Waals surface area contributed by atoms with Gasteiger partial charge in [-0.3, -0.25) is 4.79 Å². The Balaban J connectivity index is 3.39. The lowest BCUT2D eigenvalue weighted by Crippen LogP contribution is -2.10. The molecule has 0 aliphatic heterocycles. The van der Waals surface area contributed by atoms with Crippen LogP contribution in [0.4, 0.5) is 13.2 Å². The number of hydrogen-bond donors (Lipinski definition) is 0. The van der Waals surface area contributed by atoms with Gasteiger partial charge in [0.05, 0.1) is 18.1 Å². The molecule has 0 N–H and O–H groups in total. The van der Waals surface area contributed by atoms with Gasteiger partial charge in [-0.25, -0.2) is 0 Å². The fourth-order valence-electron chi connectivity index (χ4n) is 1.39. The summed E-state index contributed by atoms with van der Waals surface area (Å²) in [6.45, 7) is 1.48. The highest BCUT2D eigenvalue weighted by Crippen LogP contribution is 2.33. The van der Waals surface area contributed by atoms with Crippen LogP contribution in [-0.4, -0.2) is 6.29 Å². The van der Waals surface area contributed by atoms with E-state index in [4.69, 9.17) is 5.26 Å². The summed E-state index contributed by atoms with van der Waals surface area (Å²) >= 11 is 0. The Bertz CT molecular complexity index is 458. The maximum Gasteiger partial charge on any atom is 0.417 e. The fraction of sp³-hybridized carbons (Fsp3) is 0.273. The molecule has 0 amide bonds. The van der Waals surface area contributed by atoms with Gasteiger partial charge < -0.3 is 0 Å². The van der Waals surface area contributed by atoms with Gasteiger partial charge in [0.2, 0.25) is 0 Å². The van der Waals surface area contributed by atoms with Crippen molar-refractivity contribution >= 4 is 6.29 Å². The van der Waals surface area contributed by atoms with Crippen LogP contribution in [-0.2, 0) is 12.6 Å². The van der Waals surface area contributed by atoms with E-state index in [1.54, 1.807) is 0 Å². The average molecular weight is 227 g/mol. The van der Waals surface area contributed by atoms with Crippen LogP contribution in [0.3, 0.4) is 0 Å². The van der Waals surface area contributed by atoms with Gasteiger partial charge in [0.15, 0.2) is 6.29 Å². The van der Waals surface area contributed by atoms with Gasteiger partial charge in [0, 0.05) is 5.56 Å². The topological polar surface area (TPSA) is 40.9 Å². The Kier molecular flexibility index (Phi) is 3.33. The largest absolute Gasteiger partial charge is 0.417 e. The third-order valence-electron chi connectivity index (χ3n) is 2.21. The zero-order valence-electron chi connectivity index (χ0n) is 8.43. The van der Waals surface area contributed by atoms with Gasteiger partial charge in [0.25, 0.3) is 0 Å². The van der Waals surface area contributed by atoms with Crippen molar-refractivity contribution in [2.24, 2.45) is 0 Å². The van der Waals surface area contributed by atoms with E-state index in [1.165, 1.54) is 6.92 Å². The lowest BCUT2D eigenvalue weighted by molar-refractivity contribution is -0.137. The van der Waals surface area contributed by atoms with E-state index in [-0.39, 0.29) is 12.7 Å². The van der Waals surface area contributed by atoms with Crippen molar-refractivity contribution in [2.45, 2.75) is 19.5 Å². The van der Waals surface area contributed by atoms with Crippen molar-refractivity contribution in [3.8, 4) is 6.07 Å². The van der Waals surface area contributed by atoms with Crippen molar-refractivity contribution in [1.29, 1.82) is 5.26 Å². The summed E-state index contributed by atoms with van der Waals surface area (Å²) in [6.07, 6.45) is -4.40. The van der Waals surface area contributed by atoms with Crippen LogP contribution in [0.25, 0.3) is 0 Å². The second-order valence-electron chi connectivity index (χ2n) is 3.32. The molecule has 0 unspecified atom stereocenters. The van der Waals surface area contributed by atoms with Gasteiger partial charge >= 0.3 is 6.18 Å².